The summed E-state index contributed by atoms with van der Waals surface area (Å²) in [4.78, 5) is 12.0. The summed E-state index contributed by atoms with van der Waals surface area (Å²) in [5, 5.41) is 10.2. The van der Waals surface area contributed by atoms with Crippen molar-refractivity contribution in [2.75, 3.05) is 6.61 Å². The second-order valence-electron chi connectivity index (χ2n) is 11.1. The highest BCUT2D eigenvalue weighted by Crippen LogP contribution is 2.28. The third kappa shape index (κ3) is 15.4. The molecule has 0 aliphatic heterocycles. The van der Waals surface area contributed by atoms with E-state index in [1.54, 1.807) is 0 Å². The zero-order valence-electron chi connectivity index (χ0n) is 22.9. The highest BCUT2D eigenvalue weighted by Gasteiger charge is 2.15. The fourth-order valence-electron chi connectivity index (χ4n) is 4.39. The molecule has 0 saturated carbocycles. The predicted molar refractivity (Wildman–Crippen MR) is 146 cm³/mol. The summed E-state index contributed by atoms with van der Waals surface area (Å²) in [6, 6.07) is 5.78. The Hall–Kier alpha value is -1.51. The number of aromatic hydroxyl groups is 1. The molecule has 34 heavy (non-hydrogen) atoms. The van der Waals surface area contributed by atoms with Crippen molar-refractivity contribution in [2.24, 2.45) is 0 Å². The van der Waals surface area contributed by atoms with E-state index in [2.05, 4.69) is 27.7 Å². The van der Waals surface area contributed by atoms with Gasteiger partial charge in [-0.3, -0.25) is 4.79 Å². The molecule has 0 heterocycles. The van der Waals surface area contributed by atoms with Crippen LogP contribution in [0.1, 0.15) is 148 Å². The molecule has 1 aromatic rings. The molecule has 0 spiro atoms. The quantitative estimate of drug-likeness (QED) is 0.151. The highest BCUT2D eigenvalue weighted by atomic mass is 16.5. The van der Waals surface area contributed by atoms with Crippen LogP contribution < -0.4 is 0 Å². The van der Waals surface area contributed by atoms with E-state index < -0.39 is 0 Å². The number of aryl methyl sites for hydroxylation is 1. The van der Waals surface area contributed by atoms with Crippen LogP contribution in [0.5, 0.6) is 5.75 Å². The lowest BCUT2D eigenvalue weighted by Gasteiger charge is -2.20. The Morgan fingerprint density at radius 1 is 0.765 bits per heavy atom. The van der Waals surface area contributed by atoms with E-state index in [4.69, 9.17) is 4.74 Å². The van der Waals surface area contributed by atoms with Crippen LogP contribution in [0.4, 0.5) is 0 Å². The molecule has 196 valence electrons. The van der Waals surface area contributed by atoms with Crippen molar-refractivity contribution >= 4 is 5.97 Å². The topological polar surface area (TPSA) is 46.5 Å². The molecule has 3 nitrogen and oxygen atoms in total. The number of ether oxygens (including phenoxy) is 1. The molecule has 0 bridgehead atoms. The van der Waals surface area contributed by atoms with Crippen LogP contribution in [0.25, 0.3) is 0 Å². The van der Waals surface area contributed by atoms with Gasteiger partial charge in [0, 0.05) is 6.42 Å². The van der Waals surface area contributed by atoms with Crippen molar-refractivity contribution in [2.45, 2.75) is 149 Å². The van der Waals surface area contributed by atoms with Crippen LogP contribution in [0, 0.1) is 0 Å². The van der Waals surface area contributed by atoms with Crippen molar-refractivity contribution in [3.63, 3.8) is 0 Å². The Balaban J connectivity index is 1.91. The van der Waals surface area contributed by atoms with Gasteiger partial charge in [0.1, 0.15) is 5.75 Å². The van der Waals surface area contributed by atoms with Gasteiger partial charge in [0.2, 0.25) is 0 Å². The summed E-state index contributed by atoms with van der Waals surface area (Å²) in [6.07, 6.45) is 22.3. The van der Waals surface area contributed by atoms with Crippen molar-refractivity contribution in [3.05, 3.63) is 29.3 Å². The number of hydrogen-bond donors (Lipinski definition) is 1. The zero-order chi connectivity index (χ0) is 25.1. The molecule has 1 N–H and O–H groups in total. The molecule has 0 fully saturated rings. The zero-order valence-corrected chi connectivity index (χ0v) is 22.9. The second-order valence-corrected chi connectivity index (χ2v) is 11.1. The molecule has 0 aliphatic carbocycles. The number of carbonyl (C=O) groups excluding carboxylic acids is 1. The number of carbonyl (C=O) groups is 1. The molecule has 0 saturated heterocycles. The summed E-state index contributed by atoms with van der Waals surface area (Å²) >= 11 is 0. The lowest BCUT2D eigenvalue weighted by atomic mass is 9.86. The van der Waals surface area contributed by atoms with Crippen LogP contribution in [-0.4, -0.2) is 17.7 Å². The molecule has 0 aliphatic rings. The van der Waals surface area contributed by atoms with Gasteiger partial charge in [0.25, 0.3) is 0 Å². The Kier molecular flexibility index (Phi) is 16.9. The second kappa shape index (κ2) is 18.8. The number of phenols is 1. The summed E-state index contributed by atoms with van der Waals surface area (Å²) in [5.41, 5.74) is 1.91. The van der Waals surface area contributed by atoms with Crippen molar-refractivity contribution < 1.29 is 14.6 Å². The van der Waals surface area contributed by atoms with Gasteiger partial charge in [-0.2, -0.15) is 0 Å². The summed E-state index contributed by atoms with van der Waals surface area (Å²) in [7, 11) is 0. The van der Waals surface area contributed by atoms with Gasteiger partial charge in [0.05, 0.1) is 6.61 Å². The SMILES string of the molecule is CCCCCCCCCCCCCCCCCCOC(=O)CCc1ccc(C(C)(C)C)cc1O. The molecule has 1 rings (SSSR count). The van der Waals surface area contributed by atoms with E-state index in [0.29, 0.717) is 19.4 Å². The molecular formula is C31H54O3. The number of unbranched alkanes of at least 4 members (excludes halogenated alkanes) is 15. The molecule has 0 unspecified atom stereocenters. The molecule has 0 amide bonds. The van der Waals surface area contributed by atoms with E-state index in [-0.39, 0.29) is 17.1 Å². The van der Waals surface area contributed by atoms with Crippen molar-refractivity contribution in [1.29, 1.82) is 0 Å². The van der Waals surface area contributed by atoms with E-state index in [0.717, 1.165) is 24.0 Å². The lowest BCUT2D eigenvalue weighted by molar-refractivity contribution is -0.143. The number of hydrogen-bond acceptors (Lipinski definition) is 3. The fourth-order valence-corrected chi connectivity index (χ4v) is 4.39. The van der Waals surface area contributed by atoms with E-state index in [1.165, 1.54) is 89.9 Å². The molecule has 0 atom stereocenters. The van der Waals surface area contributed by atoms with Gasteiger partial charge in [-0.05, 0) is 35.4 Å². The Labute approximate surface area is 211 Å². The first-order chi connectivity index (χ1) is 16.3. The maximum absolute atomic E-state index is 12.0. The molecule has 3 heteroatoms. The first-order valence-corrected chi connectivity index (χ1v) is 14.3. The summed E-state index contributed by atoms with van der Waals surface area (Å²) in [6.45, 7) is 9.17. The van der Waals surface area contributed by atoms with Crippen molar-refractivity contribution in [3.8, 4) is 5.75 Å². The minimum atomic E-state index is -0.166. The van der Waals surface area contributed by atoms with Crippen LogP contribution in [0.15, 0.2) is 18.2 Å². The number of esters is 1. The van der Waals surface area contributed by atoms with Gasteiger partial charge in [-0.1, -0.05) is 136 Å². The van der Waals surface area contributed by atoms with E-state index in [1.807, 2.05) is 18.2 Å². The van der Waals surface area contributed by atoms with Gasteiger partial charge < -0.3 is 9.84 Å². The van der Waals surface area contributed by atoms with Crippen LogP contribution in [0.3, 0.4) is 0 Å². The standard InChI is InChI=1S/C31H54O3/c1-5-6-7-8-9-10-11-12-13-14-15-16-17-18-19-20-25-34-30(33)24-22-27-21-23-28(26-29(27)32)31(2,3)4/h21,23,26,32H,5-20,22,24-25H2,1-4H3. The third-order valence-electron chi connectivity index (χ3n) is 6.81. The molecule has 0 radical (unpaired) electrons. The minimum Gasteiger partial charge on any atom is -0.508 e. The van der Waals surface area contributed by atoms with Crippen molar-refractivity contribution in [1.82, 2.24) is 0 Å². The largest absolute Gasteiger partial charge is 0.508 e. The smallest absolute Gasteiger partial charge is 0.306 e. The lowest BCUT2D eigenvalue weighted by Crippen LogP contribution is -2.11. The van der Waals surface area contributed by atoms with Crippen LogP contribution in [0.2, 0.25) is 0 Å². The number of rotatable bonds is 20. The predicted octanol–water partition coefficient (Wildman–Crippen LogP) is 9.43. The van der Waals surface area contributed by atoms with Gasteiger partial charge in [-0.25, -0.2) is 0 Å². The molecule has 0 aromatic heterocycles. The van der Waals surface area contributed by atoms with Crippen LogP contribution >= 0.6 is 0 Å². The maximum Gasteiger partial charge on any atom is 0.306 e. The normalized spacial score (nSPS) is 11.6. The minimum absolute atomic E-state index is 0.00187. The van der Waals surface area contributed by atoms with Gasteiger partial charge in [-0.15, -0.1) is 0 Å². The molecular weight excluding hydrogens is 420 g/mol. The average Bonchev–Trinajstić information content (AvgIpc) is 2.79. The van der Waals surface area contributed by atoms with E-state index >= 15 is 0 Å². The Morgan fingerprint density at radius 2 is 1.24 bits per heavy atom. The maximum atomic E-state index is 12.0. The van der Waals surface area contributed by atoms with Gasteiger partial charge >= 0.3 is 5.97 Å². The Bertz CT molecular complexity index is 645. The monoisotopic (exact) mass is 474 g/mol. The molecule has 1 aromatic carbocycles. The number of phenolic OH excluding ortho intramolecular Hbond substituents is 1. The summed E-state index contributed by atoms with van der Waals surface area (Å²) < 4.78 is 5.38. The van der Waals surface area contributed by atoms with Gasteiger partial charge in [0.15, 0.2) is 0 Å². The highest BCUT2D eigenvalue weighted by molar-refractivity contribution is 5.69. The summed E-state index contributed by atoms with van der Waals surface area (Å²) in [5.74, 6) is 0.110. The fraction of sp³-hybridized carbons (Fsp3) is 0.774. The Morgan fingerprint density at radius 3 is 1.68 bits per heavy atom. The van der Waals surface area contributed by atoms with Crippen LogP contribution in [-0.2, 0) is 21.4 Å². The average molecular weight is 475 g/mol. The third-order valence-corrected chi connectivity index (χ3v) is 6.81. The first kappa shape index (κ1) is 30.5. The first-order valence-electron chi connectivity index (χ1n) is 14.3. The number of benzene rings is 1. The van der Waals surface area contributed by atoms with E-state index in [9.17, 15) is 9.90 Å².